The Morgan fingerprint density at radius 3 is 2.78 bits per heavy atom. The van der Waals surface area contributed by atoms with E-state index in [1.807, 2.05) is 9.80 Å². The second-order valence-electron chi connectivity index (χ2n) is 8.19. The fourth-order valence-corrected chi connectivity index (χ4v) is 5.03. The number of ether oxygens (including phenoxy) is 1. The summed E-state index contributed by atoms with van der Waals surface area (Å²) in [5.41, 5.74) is 1.71. The minimum absolute atomic E-state index is 0.0302. The number of hydrogen-bond donors (Lipinski definition) is 1. The summed E-state index contributed by atoms with van der Waals surface area (Å²) in [4.78, 5) is 30.0. The van der Waals surface area contributed by atoms with Gasteiger partial charge in [0.25, 0.3) is 5.91 Å². The lowest BCUT2D eigenvalue weighted by atomic mass is 9.85. The monoisotopic (exact) mass is 374 g/mol. The molecule has 0 radical (unpaired) electrons. The van der Waals surface area contributed by atoms with Crippen molar-refractivity contribution in [2.24, 2.45) is 5.92 Å². The van der Waals surface area contributed by atoms with Gasteiger partial charge in [0, 0.05) is 38.7 Å². The lowest BCUT2D eigenvalue weighted by Crippen LogP contribution is -2.49. The molecule has 7 heteroatoms. The number of hydrogen-bond acceptors (Lipinski definition) is 4. The van der Waals surface area contributed by atoms with E-state index < -0.39 is 0 Å². The topological polar surface area (TPSA) is 78.5 Å². The van der Waals surface area contributed by atoms with Crippen molar-refractivity contribution < 1.29 is 14.3 Å². The Hall–Kier alpha value is -1.89. The van der Waals surface area contributed by atoms with Gasteiger partial charge in [0.05, 0.1) is 30.0 Å². The summed E-state index contributed by atoms with van der Waals surface area (Å²) in [7, 11) is 1.65. The van der Waals surface area contributed by atoms with Crippen molar-refractivity contribution in [3.63, 3.8) is 0 Å². The molecule has 1 aromatic rings. The molecule has 4 fully saturated rings. The van der Waals surface area contributed by atoms with Crippen LogP contribution in [0.4, 0.5) is 0 Å². The molecule has 27 heavy (non-hydrogen) atoms. The van der Waals surface area contributed by atoms with Crippen LogP contribution >= 0.6 is 0 Å². The van der Waals surface area contributed by atoms with Crippen LogP contribution < -0.4 is 0 Å². The molecule has 1 aromatic heterocycles. The minimum atomic E-state index is -0.0883. The average molecular weight is 374 g/mol. The van der Waals surface area contributed by atoms with Gasteiger partial charge in [0.15, 0.2) is 0 Å². The van der Waals surface area contributed by atoms with E-state index in [1.54, 1.807) is 13.3 Å². The van der Waals surface area contributed by atoms with Crippen LogP contribution in [0.15, 0.2) is 6.20 Å². The van der Waals surface area contributed by atoms with Crippen LogP contribution in [0, 0.1) is 5.92 Å². The number of rotatable bonds is 5. The average Bonchev–Trinajstić information content (AvgIpc) is 3.03. The van der Waals surface area contributed by atoms with Crippen molar-refractivity contribution in [3.05, 3.63) is 17.5 Å². The van der Waals surface area contributed by atoms with Gasteiger partial charge in [-0.15, -0.1) is 0 Å². The first-order chi connectivity index (χ1) is 13.2. The number of nitrogens with one attached hydrogen (secondary N) is 1. The smallest absolute Gasteiger partial charge is 0.257 e. The Kier molecular flexibility index (Phi) is 5.48. The number of aromatic nitrogens is 2. The summed E-state index contributed by atoms with van der Waals surface area (Å²) < 4.78 is 5.17. The molecule has 0 unspecified atom stereocenters. The molecule has 3 saturated heterocycles. The van der Waals surface area contributed by atoms with Gasteiger partial charge in [0.2, 0.25) is 5.91 Å². The van der Waals surface area contributed by atoms with Gasteiger partial charge in [0.1, 0.15) is 0 Å². The lowest BCUT2D eigenvalue weighted by molar-refractivity contribution is -0.140. The minimum Gasteiger partial charge on any atom is -0.383 e. The number of amides is 2. The first kappa shape index (κ1) is 18.5. The summed E-state index contributed by atoms with van der Waals surface area (Å²) >= 11 is 0. The molecule has 1 saturated carbocycles. The normalized spacial score (nSPS) is 26.5. The Morgan fingerprint density at radius 1 is 1.19 bits per heavy atom. The van der Waals surface area contributed by atoms with E-state index in [-0.39, 0.29) is 23.8 Å². The molecule has 3 aliphatic heterocycles. The zero-order valence-electron chi connectivity index (χ0n) is 16.2. The number of carbonyl (C=O) groups excluding carboxylic acids is 2. The maximum Gasteiger partial charge on any atom is 0.257 e. The standard InChI is InChI=1S/C20H30N4O3/c1-27-10-9-24-16-8-7-15(19(24)25)12-23(13-16)20(26)17-11-21-22-18(17)14-5-3-2-4-6-14/h11,14-16H,2-10,12-13H2,1H3,(H,21,22)/t15-,16+/m0/s1. The van der Waals surface area contributed by atoms with E-state index >= 15 is 0 Å². The fourth-order valence-electron chi connectivity index (χ4n) is 5.03. The molecular weight excluding hydrogens is 344 g/mol. The molecule has 2 atom stereocenters. The van der Waals surface area contributed by atoms with E-state index in [1.165, 1.54) is 19.3 Å². The summed E-state index contributed by atoms with van der Waals surface area (Å²) in [6.07, 6.45) is 9.48. The largest absolute Gasteiger partial charge is 0.383 e. The highest BCUT2D eigenvalue weighted by atomic mass is 16.5. The van der Waals surface area contributed by atoms with Crippen LogP contribution in [0.5, 0.6) is 0 Å². The van der Waals surface area contributed by atoms with Crippen molar-refractivity contribution in [3.8, 4) is 0 Å². The van der Waals surface area contributed by atoms with E-state index in [2.05, 4.69) is 10.2 Å². The van der Waals surface area contributed by atoms with Gasteiger partial charge in [-0.2, -0.15) is 5.10 Å². The molecule has 0 aromatic carbocycles. The van der Waals surface area contributed by atoms with E-state index in [4.69, 9.17) is 4.74 Å². The Labute approximate surface area is 160 Å². The van der Waals surface area contributed by atoms with Crippen LogP contribution in [-0.2, 0) is 9.53 Å². The Bertz CT molecular complexity index is 683. The third-order valence-corrected chi connectivity index (χ3v) is 6.53. The second-order valence-corrected chi connectivity index (χ2v) is 8.19. The molecular formula is C20H30N4O3. The molecule has 5 rings (SSSR count). The Morgan fingerprint density at radius 2 is 2.00 bits per heavy atom. The van der Waals surface area contributed by atoms with Crippen molar-refractivity contribution in [2.75, 3.05) is 33.4 Å². The van der Waals surface area contributed by atoms with E-state index in [0.717, 1.165) is 31.4 Å². The zero-order valence-corrected chi connectivity index (χ0v) is 16.2. The number of methoxy groups -OCH3 is 1. The molecule has 1 aliphatic carbocycles. The summed E-state index contributed by atoms with van der Waals surface area (Å²) in [6.45, 7) is 2.28. The molecule has 2 amide bonds. The molecule has 0 spiro atoms. The van der Waals surface area contributed by atoms with Crippen LogP contribution in [0.2, 0.25) is 0 Å². The zero-order chi connectivity index (χ0) is 18.8. The van der Waals surface area contributed by atoms with Gasteiger partial charge < -0.3 is 14.5 Å². The highest BCUT2D eigenvalue weighted by molar-refractivity contribution is 5.96. The Balaban J connectivity index is 1.52. The number of fused-ring (bicyclic) bond motifs is 4. The van der Waals surface area contributed by atoms with Gasteiger partial charge in [-0.25, -0.2) is 0 Å². The highest BCUT2D eigenvalue weighted by Crippen LogP contribution is 2.35. The molecule has 148 valence electrons. The molecule has 4 aliphatic rings. The van der Waals surface area contributed by atoms with Crippen molar-refractivity contribution >= 4 is 11.8 Å². The molecule has 4 heterocycles. The quantitative estimate of drug-likeness (QED) is 0.857. The summed E-state index contributed by atoms with van der Waals surface area (Å²) in [5, 5.41) is 7.30. The predicted molar refractivity (Wildman–Crippen MR) is 100 cm³/mol. The fraction of sp³-hybridized carbons (Fsp3) is 0.750. The number of nitrogens with zero attached hydrogens (tertiary/aromatic N) is 3. The second kappa shape index (κ2) is 8.00. The predicted octanol–water partition coefficient (Wildman–Crippen LogP) is 2.17. The summed E-state index contributed by atoms with van der Waals surface area (Å²) in [5.74, 6) is 0.527. The number of carbonyl (C=O) groups is 2. The third-order valence-electron chi connectivity index (χ3n) is 6.53. The van der Waals surface area contributed by atoms with Gasteiger partial charge in [-0.3, -0.25) is 14.7 Å². The van der Waals surface area contributed by atoms with Crippen LogP contribution in [0.3, 0.4) is 0 Å². The van der Waals surface area contributed by atoms with Gasteiger partial charge >= 0.3 is 0 Å². The molecule has 1 N–H and O–H groups in total. The first-order valence-corrected chi connectivity index (χ1v) is 10.3. The maximum absolute atomic E-state index is 13.3. The first-order valence-electron chi connectivity index (χ1n) is 10.3. The SMILES string of the molecule is COCCN1C(=O)[C@H]2CC[C@@H]1CN(C(=O)c1cn[nH]c1C1CCCCC1)C2. The van der Waals surface area contributed by atoms with E-state index in [9.17, 15) is 9.59 Å². The molecule has 7 nitrogen and oxygen atoms in total. The van der Waals surface area contributed by atoms with Gasteiger partial charge in [-0.05, 0) is 25.7 Å². The molecule has 2 bridgehead atoms. The van der Waals surface area contributed by atoms with Crippen LogP contribution in [0.1, 0.15) is 66.9 Å². The van der Waals surface area contributed by atoms with E-state index in [0.29, 0.717) is 37.7 Å². The lowest BCUT2D eigenvalue weighted by Gasteiger charge is -2.35. The van der Waals surface area contributed by atoms with Gasteiger partial charge in [-0.1, -0.05) is 19.3 Å². The van der Waals surface area contributed by atoms with Crippen molar-refractivity contribution in [2.45, 2.75) is 56.9 Å². The highest BCUT2D eigenvalue weighted by Gasteiger charge is 2.42. The maximum atomic E-state index is 13.3. The number of aromatic amines is 1. The number of H-pyrrole nitrogens is 1. The van der Waals surface area contributed by atoms with Crippen molar-refractivity contribution in [1.29, 1.82) is 0 Å². The summed E-state index contributed by atoms with van der Waals surface area (Å²) in [6, 6.07) is 0.0976. The van der Waals surface area contributed by atoms with Crippen molar-refractivity contribution in [1.82, 2.24) is 20.0 Å². The van der Waals surface area contributed by atoms with Crippen LogP contribution in [0.25, 0.3) is 0 Å². The van der Waals surface area contributed by atoms with Crippen LogP contribution in [-0.4, -0.2) is 71.2 Å². The number of piperidine rings is 1. The third kappa shape index (κ3) is 3.61.